The molecule has 2 saturated heterocycles. The first-order valence-electron chi connectivity index (χ1n) is 11.5. The molecule has 0 N–H and O–H groups in total. The van der Waals surface area contributed by atoms with Gasteiger partial charge in [-0.2, -0.15) is 5.10 Å². The molecule has 3 aromatic rings. The molecule has 0 radical (unpaired) electrons. The molecule has 7 nitrogen and oxygen atoms in total. The predicted molar refractivity (Wildman–Crippen MR) is 131 cm³/mol. The topological polar surface area (TPSA) is 75.5 Å². The Bertz CT molecular complexity index is 1360. The molecule has 2 aromatic carbocycles. The molecule has 1 aromatic heterocycles. The number of benzene rings is 2. The van der Waals surface area contributed by atoms with E-state index in [9.17, 15) is 13.2 Å². The molecule has 3 heterocycles. The highest BCUT2D eigenvalue weighted by Gasteiger charge is 2.33. The van der Waals surface area contributed by atoms with Crippen molar-refractivity contribution >= 4 is 20.6 Å². The van der Waals surface area contributed by atoms with Crippen molar-refractivity contribution in [3.8, 4) is 11.3 Å². The van der Waals surface area contributed by atoms with Crippen LogP contribution in [-0.2, 0) is 16.5 Å². The maximum Gasteiger partial charge on any atom is 0.275 e. The van der Waals surface area contributed by atoms with Gasteiger partial charge in [-0.1, -0.05) is 35.9 Å². The van der Waals surface area contributed by atoms with E-state index in [0.29, 0.717) is 17.8 Å². The summed E-state index contributed by atoms with van der Waals surface area (Å²) in [5.74, 6) is 0.577. The van der Waals surface area contributed by atoms with Gasteiger partial charge < -0.3 is 0 Å². The molecule has 2 fully saturated rings. The van der Waals surface area contributed by atoms with Crippen molar-refractivity contribution in [3.63, 3.8) is 0 Å². The van der Waals surface area contributed by atoms with Gasteiger partial charge in [0.25, 0.3) is 5.56 Å². The summed E-state index contributed by atoms with van der Waals surface area (Å²) in [5.41, 5.74) is 4.09. The SMILES string of the molecule is Cc1ccc(C)c(-c2nn(CN3CCN(C4CCS(=O)(=O)C4)CC3)c(=O)c3ccccc23)c1. The minimum Gasteiger partial charge on any atom is -0.297 e. The Morgan fingerprint density at radius 3 is 2.42 bits per heavy atom. The molecule has 2 aliphatic heterocycles. The van der Waals surface area contributed by atoms with Crippen molar-refractivity contribution in [3.05, 3.63) is 63.9 Å². The van der Waals surface area contributed by atoms with Crippen LogP contribution < -0.4 is 5.56 Å². The van der Waals surface area contributed by atoms with Crippen LogP contribution in [0.2, 0.25) is 0 Å². The number of rotatable bonds is 4. The molecule has 0 bridgehead atoms. The molecule has 2 aliphatic rings. The predicted octanol–water partition coefficient (Wildman–Crippen LogP) is 2.44. The van der Waals surface area contributed by atoms with Crippen LogP contribution in [0.3, 0.4) is 0 Å². The normalized spacial score (nSPS) is 21.6. The average Bonchev–Trinajstić information content (AvgIpc) is 3.17. The molecule has 5 rings (SSSR count). The highest BCUT2D eigenvalue weighted by atomic mass is 32.2. The summed E-state index contributed by atoms with van der Waals surface area (Å²) in [6.45, 7) is 7.77. The van der Waals surface area contributed by atoms with Gasteiger partial charge in [0, 0.05) is 43.2 Å². The van der Waals surface area contributed by atoms with Crippen LogP contribution in [0, 0.1) is 13.8 Å². The third kappa shape index (κ3) is 4.47. The van der Waals surface area contributed by atoms with Crippen molar-refractivity contribution in [2.45, 2.75) is 33.0 Å². The minimum atomic E-state index is -2.88. The summed E-state index contributed by atoms with van der Waals surface area (Å²) in [5, 5.41) is 6.41. The van der Waals surface area contributed by atoms with Crippen LogP contribution in [0.1, 0.15) is 17.5 Å². The number of aryl methyl sites for hydroxylation is 2. The fourth-order valence-electron chi connectivity index (χ4n) is 5.04. The first-order valence-corrected chi connectivity index (χ1v) is 13.4. The smallest absolute Gasteiger partial charge is 0.275 e. The van der Waals surface area contributed by atoms with Crippen molar-refractivity contribution in [2.24, 2.45) is 0 Å². The van der Waals surface area contributed by atoms with Crippen molar-refractivity contribution in [1.29, 1.82) is 0 Å². The molecular weight excluding hydrogens is 436 g/mol. The lowest BCUT2D eigenvalue weighted by Gasteiger charge is -2.37. The Balaban J connectivity index is 1.42. The van der Waals surface area contributed by atoms with E-state index in [4.69, 9.17) is 5.10 Å². The van der Waals surface area contributed by atoms with Gasteiger partial charge in [0.1, 0.15) is 0 Å². The minimum absolute atomic E-state index is 0.0797. The lowest BCUT2D eigenvalue weighted by Crippen LogP contribution is -2.51. The van der Waals surface area contributed by atoms with E-state index in [-0.39, 0.29) is 17.4 Å². The third-order valence-electron chi connectivity index (χ3n) is 6.98. The number of hydrogen-bond donors (Lipinski definition) is 0. The van der Waals surface area contributed by atoms with Crippen LogP contribution in [-0.4, -0.2) is 71.7 Å². The van der Waals surface area contributed by atoms with E-state index in [1.807, 2.05) is 24.3 Å². The summed E-state index contributed by atoms with van der Waals surface area (Å²) in [6.07, 6.45) is 0.729. The Hall–Kier alpha value is -2.55. The van der Waals surface area contributed by atoms with Crippen LogP contribution in [0.25, 0.3) is 22.0 Å². The van der Waals surface area contributed by atoms with Gasteiger partial charge in [-0.3, -0.25) is 14.6 Å². The number of nitrogens with zero attached hydrogens (tertiary/aromatic N) is 4. The van der Waals surface area contributed by atoms with Crippen LogP contribution >= 0.6 is 0 Å². The highest BCUT2D eigenvalue weighted by molar-refractivity contribution is 7.91. The van der Waals surface area contributed by atoms with Crippen molar-refractivity contribution in [1.82, 2.24) is 19.6 Å². The van der Waals surface area contributed by atoms with Gasteiger partial charge in [0.05, 0.1) is 29.3 Å². The Labute approximate surface area is 194 Å². The first kappa shape index (κ1) is 22.3. The van der Waals surface area contributed by atoms with E-state index >= 15 is 0 Å². The highest BCUT2D eigenvalue weighted by Crippen LogP contribution is 2.28. The van der Waals surface area contributed by atoms with E-state index in [0.717, 1.165) is 60.4 Å². The maximum atomic E-state index is 13.3. The Morgan fingerprint density at radius 1 is 1.00 bits per heavy atom. The first-order chi connectivity index (χ1) is 15.8. The molecule has 1 unspecified atom stereocenters. The summed E-state index contributed by atoms with van der Waals surface area (Å²) in [4.78, 5) is 17.8. The van der Waals surface area contributed by atoms with E-state index in [2.05, 4.69) is 41.8 Å². The maximum absolute atomic E-state index is 13.3. The van der Waals surface area contributed by atoms with E-state index in [1.165, 1.54) is 0 Å². The second-order valence-electron chi connectivity index (χ2n) is 9.37. The molecule has 0 spiro atoms. The van der Waals surface area contributed by atoms with Crippen molar-refractivity contribution in [2.75, 3.05) is 37.7 Å². The fraction of sp³-hybridized carbons (Fsp3) is 0.440. The zero-order valence-corrected chi connectivity index (χ0v) is 20.0. The number of aromatic nitrogens is 2. The number of piperazine rings is 1. The lowest BCUT2D eigenvalue weighted by atomic mass is 9.99. The van der Waals surface area contributed by atoms with Gasteiger partial charge in [-0.15, -0.1) is 0 Å². The zero-order chi connectivity index (χ0) is 23.2. The van der Waals surface area contributed by atoms with Crippen molar-refractivity contribution < 1.29 is 8.42 Å². The zero-order valence-electron chi connectivity index (χ0n) is 19.2. The molecule has 33 heavy (non-hydrogen) atoms. The molecule has 1 atom stereocenters. The number of hydrogen-bond acceptors (Lipinski definition) is 6. The lowest BCUT2D eigenvalue weighted by molar-refractivity contribution is 0.0802. The number of sulfone groups is 1. The van der Waals surface area contributed by atoms with Gasteiger partial charge in [-0.05, 0) is 38.0 Å². The van der Waals surface area contributed by atoms with Crippen LogP contribution in [0.15, 0.2) is 47.3 Å². The molecule has 0 saturated carbocycles. The van der Waals surface area contributed by atoms with Gasteiger partial charge >= 0.3 is 0 Å². The standard InChI is InChI=1S/C25H30N4O3S/c1-18-7-8-19(2)23(15-18)24-21-5-3-4-6-22(21)25(30)29(26-24)17-27-10-12-28(13-11-27)20-9-14-33(31,32)16-20/h3-8,15,20H,9-14,16-17H2,1-2H3. The van der Waals surface area contributed by atoms with Crippen LogP contribution in [0.5, 0.6) is 0 Å². The van der Waals surface area contributed by atoms with Gasteiger partial charge in [-0.25, -0.2) is 13.1 Å². The fourth-order valence-corrected chi connectivity index (χ4v) is 6.81. The van der Waals surface area contributed by atoms with Crippen LogP contribution in [0.4, 0.5) is 0 Å². The molecule has 0 amide bonds. The monoisotopic (exact) mass is 466 g/mol. The molecule has 0 aliphatic carbocycles. The third-order valence-corrected chi connectivity index (χ3v) is 8.73. The number of fused-ring (bicyclic) bond motifs is 1. The van der Waals surface area contributed by atoms with E-state index in [1.54, 1.807) is 4.68 Å². The quantitative estimate of drug-likeness (QED) is 0.588. The second kappa shape index (κ2) is 8.66. The van der Waals surface area contributed by atoms with Gasteiger partial charge in [0.2, 0.25) is 0 Å². The van der Waals surface area contributed by atoms with Gasteiger partial charge in [0.15, 0.2) is 9.84 Å². The summed E-state index contributed by atoms with van der Waals surface area (Å²) >= 11 is 0. The average molecular weight is 467 g/mol. The largest absolute Gasteiger partial charge is 0.297 e. The molecule has 174 valence electrons. The summed E-state index contributed by atoms with van der Waals surface area (Å²) in [6, 6.07) is 14.1. The molecule has 8 heteroatoms. The second-order valence-corrected chi connectivity index (χ2v) is 11.6. The summed E-state index contributed by atoms with van der Waals surface area (Å²) in [7, 11) is -2.88. The molecular formula is C25H30N4O3S. The Morgan fingerprint density at radius 2 is 1.73 bits per heavy atom. The Kier molecular flexibility index (Phi) is 5.84. The van der Waals surface area contributed by atoms with E-state index < -0.39 is 9.84 Å². The summed E-state index contributed by atoms with van der Waals surface area (Å²) < 4.78 is 25.3.